The van der Waals surface area contributed by atoms with Gasteiger partial charge in [0.25, 0.3) is 0 Å². The largest absolute Gasteiger partial charge is 0.465 e. The summed E-state index contributed by atoms with van der Waals surface area (Å²) in [7, 11) is -7.78. The Morgan fingerprint density at radius 3 is 2.28 bits per heavy atom. The number of ether oxygens (including phenoxy) is 1. The zero-order valence-corrected chi connectivity index (χ0v) is 22.4. The molecule has 0 fully saturated rings. The second kappa shape index (κ2) is 12.2. The van der Waals surface area contributed by atoms with Crippen molar-refractivity contribution in [2.45, 2.75) is 48.9 Å². The van der Waals surface area contributed by atoms with E-state index < -0.39 is 32.1 Å². The first kappa shape index (κ1) is 28.1. The van der Waals surface area contributed by atoms with Crippen LogP contribution in [0.25, 0.3) is 10.8 Å². The average molecular weight is 553 g/mol. The van der Waals surface area contributed by atoms with Crippen LogP contribution in [0.4, 0.5) is 0 Å². The first-order valence-electron chi connectivity index (χ1n) is 11.5. The number of sulfonamides is 2. The molecule has 0 spiro atoms. The number of halogens is 1. The molecule has 1 atom stereocenters. The zero-order chi connectivity index (χ0) is 26.3. The Morgan fingerprint density at radius 1 is 0.944 bits per heavy atom. The highest BCUT2D eigenvalue weighted by atomic mass is 35.5. The molecule has 0 amide bonds. The summed E-state index contributed by atoms with van der Waals surface area (Å²) in [6.45, 7) is 3.73. The topological polar surface area (TPSA) is 119 Å². The van der Waals surface area contributed by atoms with Gasteiger partial charge in [-0.2, -0.15) is 4.72 Å². The van der Waals surface area contributed by atoms with Crippen molar-refractivity contribution in [3.8, 4) is 0 Å². The van der Waals surface area contributed by atoms with E-state index >= 15 is 0 Å². The van der Waals surface area contributed by atoms with Gasteiger partial charge in [-0.1, -0.05) is 53.6 Å². The predicted octanol–water partition coefficient (Wildman–Crippen LogP) is 4.16. The number of hydrogen-bond acceptors (Lipinski definition) is 6. The fourth-order valence-corrected chi connectivity index (χ4v) is 6.57. The van der Waals surface area contributed by atoms with E-state index in [1.165, 1.54) is 18.2 Å². The lowest BCUT2D eigenvalue weighted by molar-refractivity contribution is -0.145. The molecule has 3 aromatic carbocycles. The number of fused-ring (bicyclic) bond motifs is 1. The first-order chi connectivity index (χ1) is 17.0. The Hall–Kier alpha value is -2.50. The molecule has 1 unspecified atom stereocenters. The molecule has 0 heterocycles. The van der Waals surface area contributed by atoms with Gasteiger partial charge in [0.05, 0.1) is 16.4 Å². The van der Waals surface area contributed by atoms with Gasteiger partial charge in [0.2, 0.25) is 20.0 Å². The highest BCUT2D eigenvalue weighted by Gasteiger charge is 2.28. The van der Waals surface area contributed by atoms with Crippen molar-refractivity contribution < 1.29 is 26.4 Å². The molecular formula is C25H29ClN2O6S2. The van der Waals surface area contributed by atoms with Crippen LogP contribution in [0.3, 0.4) is 0 Å². The lowest BCUT2D eigenvalue weighted by Gasteiger charge is -2.18. The summed E-state index contributed by atoms with van der Waals surface area (Å²) in [5.74, 6) is -0.701. The van der Waals surface area contributed by atoms with E-state index in [-0.39, 0.29) is 34.4 Å². The highest BCUT2D eigenvalue weighted by molar-refractivity contribution is 7.90. The number of esters is 1. The molecule has 0 aliphatic heterocycles. The third-order valence-corrected chi connectivity index (χ3v) is 8.82. The number of rotatable bonds is 12. The van der Waals surface area contributed by atoms with Crippen LogP contribution < -0.4 is 9.44 Å². The van der Waals surface area contributed by atoms with Gasteiger partial charge in [-0.15, -0.1) is 0 Å². The Labute approximate surface area is 217 Å². The molecule has 3 aromatic rings. The molecule has 0 radical (unpaired) electrons. The van der Waals surface area contributed by atoms with Crippen molar-refractivity contribution in [1.82, 2.24) is 9.44 Å². The van der Waals surface area contributed by atoms with E-state index in [0.29, 0.717) is 23.6 Å². The number of benzene rings is 3. The maximum Gasteiger partial charge on any atom is 0.324 e. The molecule has 0 saturated carbocycles. The lowest BCUT2D eigenvalue weighted by atomic mass is 10.1. The molecule has 0 aliphatic rings. The Kier molecular flexibility index (Phi) is 9.48. The molecule has 2 N–H and O–H groups in total. The monoisotopic (exact) mass is 552 g/mol. The number of carbonyl (C=O) groups is 1. The third-order valence-electron chi connectivity index (χ3n) is 5.52. The molecule has 11 heteroatoms. The van der Waals surface area contributed by atoms with Gasteiger partial charge in [0.1, 0.15) is 6.04 Å². The highest BCUT2D eigenvalue weighted by Crippen LogP contribution is 2.30. The molecular weight excluding hydrogens is 524 g/mol. The van der Waals surface area contributed by atoms with E-state index in [1.54, 1.807) is 49.4 Å². The summed E-state index contributed by atoms with van der Waals surface area (Å²) in [5, 5.41) is 1.29. The molecule has 0 saturated heterocycles. The van der Waals surface area contributed by atoms with Crippen LogP contribution in [0, 0.1) is 6.92 Å². The number of hydrogen-bond donors (Lipinski definition) is 2. The van der Waals surface area contributed by atoms with E-state index in [4.69, 9.17) is 16.3 Å². The molecule has 36 heavy (non-hydrogen) atoms. The van der Waals surface area contributed by atoms with Gasteiger partial charge in [-0.25, -0.2) is 21.6 Å². The SMILES string of the molecule is CCOC(=O)C(CCCCNS(=O)(=O)c1ccc(C)cc1)NS(=O)(=O)c1cccc2cccc(Cl)c12. The Morgan fingerprint density at radius 2 is 1.61 bits per heavy atom. The van der Waals surface area contributed by atoms with Gasteiger partial charge in [-0.05, 0) is 62.8 Å². The quantitative estimate of drug-likeness (QED) is 0.257. The van der Waals surface area contributed by atoms with E-state index in [9.17, 15) is 21.6 Å². The number of carbonyl (C=O) groups excluding carboxylic acids is 1. The minimum atomic E-state index is -4.12. The van der Waals surface area contributed by atoms with Gasteiger partial charge in [0, 0.05) is 17.0 Å². The van der Waals surface area contributed by atoms with Crippen LogP contribution in [0.1, 0.15) is 31.7 Å². The van der Waals surface area contributed by atoms with Crippen molar-refractivity contribution in [2.24, 2.45) is 0 Å². The smallest absolute Gasteiger partial charge is 0.324 e. The molecule has 0 aromatic heterocycles. The second-order valence-corrected chi connectivity index (χ2v) is 12.1. The Bertz CT molecular complexity index is 1420. The standard InChI is InChI=1S/C25H29ClN2O6S2/c1-3-34-25(29)22(11-4-5-17-27-35(30,31)20-15-13-18(2)14-16-20)28-36(32,33)23-12-7-9-19-8-6-10-21(26)24(19)23/h6-10,12-16,22,27-28H,3-5,11,17H2,1-2H3. The fraction of sp³-hybridized carbons (Fsp3) is 0.320. The Balaban J connectivity index is 1.67. The van der Waals surface area contributed by atoms with Crippen LogP contribution >= 0.6 is 11.6 Å². The lowest BCUT2D eigenvalue weighted by Crippen LogP contribution is -2.42. The van der Waals surface area contributed by atoms with Crippen molar-refractivity contribution in [2.75, 3.05) is 13.2 Å². The summed E-state index contributed by atoms with van der Waals surface area (Å²) in [4.78, 5) is 12.7. The van der Waals surface area contributed by atoms with Crippen molar-refractivity contribution in [1.29, 1.82) is 0 Å². The van der Waals surface area contributed by atoms with Crippen molar-refractivity contribution in [3.05, 3.63) is 71.2 Å². The predicted molar refractivity (Wildman–Crippen MR) is 140 cm³/mol. The summed E-state index contributed by atoms with van der Waals surface area (Å²) in [6.07, 6.45) is 0.893. The normalized spacial score (nSPS) is 13.0. The number of aryl methyl sites for hydroxylation is 1. The molecule has 0 bridgehead atoms. The molecule has 3 rings (SSSR count). The minimum Gasteiger partial charge on any atom is -0.465 e. The van der Waals surface area contributed by atoms with Crippen molar-refractivity contribution in [3.63, 3.8) is 0 Å². The maximum absolute atomic E-state index is 13.2. The third kappa shape index (κ3) is 7.04. The van der Waals surface area contributed by atoms with Crippen molar-refractivity contribution >= 4 is 48.4 Å². The summed E-state index contributed by atoms with van der Waals surface area (Å²) < 4.78 is 61.4. The van der Waals surface area contributed by atoms with Gasteiger partial charge in [0.15, 0.2) is 0 Å². The average Bonchev–Trinajstić information content (AvgIpc) is 2.83. The van der Waals surface area contributed by atoms with Crippen LogP contribution in [-0.2, 0) is 29.6 Å². The summed E-state index contributed by atoms with van der Waals surface area (Å²) in [5.41, 5.74) is 0.951. The molecule has 8 nitrogen and oxygen atoms in total. The van der Waals surface area contributed by atoms with Crippen LogP contribution in [-0.4, -0.2) is 42.0 Å². The number of unbranched alkanes of at least 4 members (excludes halogenated alkanes) is 1. The summed E-state index contributed by atoms with van der Waals surface area (Å²) in [6, 6.07) is 15.2. The van der Waals surface area contributed by atoms with Crippen LogP contribution in [0.5, 0.6) is 0 Å². The van der Waals surface area contributed by atoms with Crippen LogP contribution in [0.15, 0.2) is 70.5 Å². The van der Waals surface area contributed by atoms with E-state index in [1.807, 2.05) is 6.92 Å². The van der Waals surface area contributed by atoms with Gasteiger partial charge >= 0.3 is 5.97 Å². The molecule has 0 aliphatic carbocycles. The van der Waals surface area contributed by atoms with Gasteiger partial charge in [-0.3, -0.25) is 4.79 Å². The zero-order valence-electron chi connectivity index (χ0n) is 20.0. The van der Waals surface area contributed by atoms with Crippen LogP contribution in [0.2, 0.25) is 5.02 Å². The van der Waals surface area contributed by atoms with E-state index in [0.717, 1.165) is 5.56 Å². The fourth-order valence-electron chi connectivity index (χ4n) is 3.69. The van der Waals surface area contributed by atoms with E-state index in [2.05, 4.69) is 9.44 Å². The summed E-state index contributed by atoms with van der Waals surface area (Å²) >= 11 is 6.28. The minimum absolute atomic E-state index is 0.0363. The second-order valence-electron chi connectivity index (χ2n) is 8.23. The molecule has 194 valence electrons. The first-order valence-corrected chi connectivity index (χ1v) is 14.8. The maximum atomic E-state index is 13.2. The number of nitrogens with one attached hydrogen (secondary N) is 2. The van der Waals surface area contributed by atoms with Gasteiger partial charge < -0.3 is 4.74 Å².